The van der Waals surface area contributed by atoms with Crippen LogP contribution in [-0.2, 0) is 11.3 Å². The lowest BCUT2D eigenvalue weighted by molar-refractivity contribution is -0.137. The molecule has 4 nitrogen and oxygen atoms in total. The van der Waals surface area contributed by atoms with Gasteiger partial charge in [0.05, 0.1) is 0 Å². The summed E-state index contributed by atoms with van der Waals surface area (Å²) in [5.74, 6) is -0.988. The topological polar surface area (TPSA) is 59.3 Å². The molecule has 0 aliphatic carbocycles. The molecule has 0 saturated heterocycles. The van der Waals surface area contributed by atoms with Crippen molar-refractivity contribution >= 4 is 17.3 Å². The molecule has 0 fully saturated rings. The van der Waals surface area contributed by atoms with E-state index in [4.69, 9.17) is 5.11 Å². The average Bonchev–Trinajstić information content (AvgIpc) is 2.16. The lowest BCUT2D eigenvalue weighted by atomic mass is 10.4. The Morgan fingerprint density at radius 2 is 2.17 bits per heavy atom. The first-order chi connectivity index (χ1) is 5.52. The highest BCUT2D eigenvalue weighted by molar-refractivity contribution is 7.09. The zero-order valence-corrected chi connectivity index (χ0v) is 7.64. The maximum absolute atomic E-state index is 11.1. The zero-order valence-electron chi connectivity index (χ0n) is 6.83. The summed E-state index contributed by atoms with van der Waals surface area (Å²) in [6, 6.07) is 0. The molecule has 0 unspecified atom stereocenters. The molecule has 0 amide bonds. The SMILES string of the molecule is Cc1sc(=O)n(CC(=O)O)c1C. The van der Waals surface area contributed by atoms with Crippen molar-refractivity contribution in [3.63, 3.8) is 0 Å². The van der Waals surface area contributed by atoms with Gasteiger partial charge in [0, 0.05) is 10.6 Å². The number of hydrogen-bond donors (Lipinski definition) is 1. The molecule has 1 aromatic rings. The molecule has 0 bridgehead atoms. The normalized spacial score (nSPS) is 10.2. The van der Waals surface area contributed by atoms with Crippen LogP contribution in [0.4, 0.5) is 0 Å². The summed E-state index contributed by atoms with van der Waals surface area (Å²) in [7, 11) is 0. The molecular formula is C7H9NO3S. The van der Waals surface area contributed by atoms with Gasteiger partial charge in [-0.15, -0.1) is 0 Å². The van der Waals surface area contributed by atoms with Crippen molar-refractivity contribution in [2.75, 3.05) is 0 Å². The predicted molar refractivity (Wildman–Crippen MR) is 45.7 cm³/mol. The fourth-order valence-corrected chi connectivity index (χ4v) is 1.74. The highest BCUT2D eigenvalue weighted by Gasteiger charge is 2.09. The van der Waals surface area contributed by atoms with Gasteiger partial charge < -0.3 is 5.11 Å². The summed E-state index contributed by atoms with van der Waals surface area (Å²) in [6.07, 6.45) is 0. The molecule has 12 heavy (non-hydrogen) atoms. The highest BCUT2D eigenvalue weighted by Crippen LogP contribution is 2.08. The minimum absolute atomic E-state index is 0.201. The summed E-state index contributed by atoms with van der Waals surface area (Å²) in [5, 5.41) is 8.47. The van der Waals surface area contributed by atoms with Crippen LogP contribution >= 0.6 is 11.3 Å². The largest absolute Gasteiger partial charge is 0.480 e. The van der Waals surface area contributed by atoms with Gasteiger partial charge in [-0.2, -0.15) is 0 Å². The number of carbonyl (C=O) groups is 1. The first-order valence-electron chi connectivity index (χ1n) is 3.41. The van der Waals surface area contributed by atoms with E-state index in [0.29, 0.717) is 0 Å². The summed E-state index contributed by atoms with van der Waals surface area (Å²) in [6.45, 7) is 3.31. The highest BCUT2D eigenvalue weighted by atomic mass is 32.1. The molecule has 1 rings (SSSR count). The Labute approximate surface area is 73.1 Å². The number of aliphatic carboxylic acids is 1. The van der Waals surface area contributed by atoms with E-state index in [1.807, 2.05) is 0 Å². The van der Waals surface area contributed by atoms with Gasteiger partial charge >= 0.3 is 10.8 Å². The molecule has 1 N–H and O–H groups in total. The lowest BCUT2D eigenvalue weighted by Gasteiger charge is -1.98. The predicted octanol–water partition coefficient (Wildman–Crippen LogP) is 0.611. The molecule has 0 aromatic carbocycles. The Morgan fingerprint density at radius 1 is 1.58 bits per heavy atom. The summed E-state index contributed by atoms with van der Waals surface area (Å²) in [5.41, 5.74) is 0.743. The van der Waals surface area contributed by atoms with E-state index in [9.17, 15) is 9.59 Å². The second-order valence-electron chi connectivity index (χ2n) is 2.49. The standard InChI is InChI=1S/C7H9NO3S/c1-4-5(2)12-7(11)8(4)3-6(9)10/h3H2,1-2H3,(H,9,10). The molecular weight excluding hydrogens is 178 g/mol. The van der Waals surface area contributed by atoms with Gasteiger partial charge in [0.25, 0.3) is 0 Å². The molecule has 1 heterocycles. The van der Waals surface area contributed by atoms with Crippen molar-refractivity contribution in [3.8, 4) is 0 Å². The number of thiazole rings is 1. The Kier molecular flexibility index (Phi) is 2.32. The summed E-state index contributed by atoms with van der Waals surface area (Å²) in [4.78, 5) is 22.1. The van der Waals surface area contributed by atoms with E-state index >= 15 is 0 Å². The van der Waals surface area contributed by atoms with Crippen molar-refractivity contribution in [1.29, 1.82) is 0 Å². The van der Waals surface area contributed by atoms with Gasteiger partial charge in [-0.05, 0) is 13.8 Å². The number of aryl methyl sites for hydroxylation is 1. The Bertz CT molecular complexity index is 363. The first-order valence-corrected chi connectivity index (χ1v) is 4.22. The summed E-state index contributed by atoms with van der Waals surface area (Å²) < 4.78 is 1.27. The van der Waals surface area contributed by atoms with Crippen molar-refractivity contribution < 1.29 is 9.90 Å². The van der Waals surface area contributed by atoms with E-state index in [-0.39, 0.29) is 11.4 Å². The molecule has 0 saturated carbocycles. The third-order valence-corrected chi connectivity index (χ3v) is 2.67. The van der Waals surface area contributed by atoms with Crippen LogP contribution in [-0.4, -0.2) is 15.6 Å². The van der Waals surface area contributed by atoms with E-state index in [2.05, 4.69) is 0 Å². The van der Waals surface area contributed by atoms with Crippen molar-refractivity contribution in [3.05, 3.63) is 20.2 Å². The molecule has 66 valence electrons. The van der Waals surface area contributed by atoms with Gasteiger partial charge in [-0.25, -0.2) is 0 Å². The molecule has 5 heteroatoms. The molecule has 0 spiro atoms. The number of aromatic nitrogens is 1. The smallest absolute Gasteiger partial charge is 0.323 e. The Hall–Kier alpha value is -1.10. The third-order valence-electron chi connectivity index (χ3n) is 1.67. The van der Waals surface area contributed by atoms with E-state index in [1.54, 1.807) is 13.8 Å². The van der Waals surface area contributed by atoms with Crippen LogP contribution < -0.4 is 4.87 Å². The van der Waals surface area contributed by atoms with Crippen LogP contribution in [0.2, 0.25) is 0 Å². The monoisotopic (exact) mass is 187 g/mol. The van der Waals surface area contributed by atoms with E-state index < -0.39 is 5.97 Å². The minimum atomic E-state index is -0.988. The second-order valence-corrected chi connectivity index (χ2v) is 3.66. The summed E-state index contributed by atoms with van der Waals surface area (Å²) >= 11 is 1.08. The molecule has 0 aliphatic heterocycles. The van der Waals surface area contributed by atoms with Gasteiger partial charge in [-0.3, -0.25) is 14.2 Å². The van der Waals surface area contributed by atoms with Crippen molar-refractivity contribution in [1.82, 2.24) is 4.57 Å². The quantitative estimate of drug-likeness (QED) is 0.738. The zero-order chi connectivity index (χ0) is 9.30. The van der Waals surface area contributed by atoms with Crippen LogP contribution in [0.3, 0.4) is 0 Å². The lowest BCUT2D eigenvalue weighted by Crippen LogP contribution is -2.19. The molecule has 0 aliphatic rings. The van der Waals surface area contributed by atoms with Crippen LogP contribution in [0.5, 0.6) is 0 Å². The van der Waals surface area contributed by atoms with Gasteiger partial charge in [0.2, 0.25) is 0 Å². The Balaban J connectivity index is 3.14. The number of nitrogens with zero attached hydrogens (tertiary/aromatic N) is 1. The first kappa shape index (κ1) is 8.99. The second kappa shape index (κ2) is 3.10. The maximum atomic E-state index is 11.1. The number of hydrogen-bond acceptors (Lipinski definition) is 3. The molecule has 0 atom stereocenters. The number of rotatable bonds is 2. The van der Waals surface area contributed by atoms with Crippen LogP contribution in [0, 0.1) is 13.8 Å². The minimum Gasteiger partial charge on any atom is -0.480 e. The van der Waals surface area contributed by atoms with Gasteiger partial charge in [-0.1, -0.05) is 11.3 Å². The molecule has 1 aromatic heterocycles. The Morgan fingerprint density at radius 3 is 2.50 bits per heavy atom. The molecule has 0 radical (unpaired) electrons. The number of carboxylic acid groups (broad SMARTS) is 1. The van der Waals surface area contributed by atoms with Crippen molar-refractivity contribution in [2.24, 2.45) is 0 Å². The van der Waals surface area contributed by atoms with Gasteiger partial charge in [0.15, 0.2) is 0 Å². The van der Waals surface area contributed by atoms with E-state index in [1.165, 1.54) is 4.57 Å². The van der Waals surface area contributed by atoms with Crippen LogP contribution in [0.15, 0.2) is 4.79 Å². The third kappa shape index (κ3) is 1.55. The van der Waals surface area contributed by atoms with Crippen LogP contribution in [0.25, 0.3) is 0 Å². The van der Waals surface area contributed by atoms with Crippen LogP contribution in [0.1, 0.15) is 10.6 Å². The maximum Gasteiger partial charge on any atom is 0.323 e. The number of carboxylic acids is 1. The average molecular weight is 187 g/mol. The van der Waals surface area contributed by atoms with Gasteiger partial charge in [0.1, 0.15) is 6.54 Å². The fourth-order valence-electron chi connectivity index (χ4n) is 0.905. The van der Waals surface area contributed by atoms with Crippen molar-refractivity contribution in [2.45, 2.75) is 20.4 Å². The fraction of sp³-hybridized carbons (Fsp3) is 0.429. The van der Waals surface area contributed by atoms with E-state index in [0.717, 1.165) is 21.9 Å².